The van der Waals surface area contributed by atoms with Crippen molar-refractivity contribution in [2.24, 2.45) is 0 Å². The van der Waals surface area contributed by atoms with Crippen LogP contribution in [0.3, 0.4) is 0 Å². The molecule has 0 fully saturated rings. The zero-order valence-corrected chi connectivity index (χ0v) is 29.4. The summed E-state index contributed by atoms with van der Waals surface area (Å²) in [4.78, 5) is 0. The molecule has 9 rings (SSSR count). The molecule has 4 aromatic heterocycles. The molecule has 0 atom stereocenters. The highest BCUT2D eigenvalue weighted by Gasteiger charge is 2.25. The van der Waals surface area contributed by atoms with Crippen molar-refractivity contribution in [1.29, 1.82) is 0 Å². The molecule has 45 heavy (non-hydrogen) atoms. The van der Waals surface area contributed by atoms with Crippen molar-refractivity contribution in [3.05, 3.63) is 114 Å². The molecular formula is C40H31PS4. The Morgan fingerprint density at radius 1 is 0.511 bits per heavy atom. The SMILES string of the molecule is CCCc1c(CCC)c2sc3ccc4sc(P(c5ccccc5)c5ccccc5)cc4c3c2c2c1sc1ccc3sccc3c12. The molecule has 0 N–H and O–H groups in total. The maximum Gasteiger partial charge on any atom is 0.0397 e. The molecule has 0 nitrogen and oxygen atoms in total. The van der Waals surface area contributed by atoms with Gasteiger partial charge in [-0.3, -0.25) is 0 Å². The summed E-state index contributed by atoms with van der Waals surface area (Å²) >= 11 is 7.95. The van der Waals surface area contributed by atoms with Gasteiger partial charge in [-0.2, -0.15) is 0 Å². The maximum atomic E-state index is 2.57. The van der Waals surface area contributed by atoms with Gasteiger partial charge in [-0.15, -0.1) is 45.3 Å². The molecule has 0 saturated carbocycles. The van der Waals surface area contributed by atoms with Crippen molar-refractivity contribution in [3.8, 4) is 0 Å². The Kier molecular flexibility index (Phi) is 7.06. The van der Waals surface area contributed by atoms with E-state index in [-0.39, 0.29) is 0 Å². The van der Waals surface area contributed by atoms with E-state index in [9.17, 15) is 0 Å². The minimum Gasteiger partial charge on any atom is -0.144 e. The van der Waals surface area contributed by atoms with E-state index >= 15 is 0 Å². The summed E-state index contributed by atoms with van der Waals surface area (Å²) in [6.07, 6.45) is 4.63. The highest BCUT2D eigenvalue weighted by Crippen LogP contribution is 2.52. The predicted molar refractivity (Wildman–Crippen MR) is 210 cm³/mol. The molecule has 9 aromatic rings. The first-order chi connectivity index (χ1) is 22.2. The van der Waals surface area contributed by atoms with Crippen LogP contribution in [-0.2, 0) is 12.8 Å². The van der Waals surface area contributed by atoms with Crippen molar-refractivity contribution >= 4 is 129 Å². The number of benzene rings is 5. The van der Waals surface area contributed by atoms with Gasteiger partial charge in [-0.05, 0) is 84.3 Å². The lowest BCUT2D eigenvalue weighted by Gasteiger charge is -2.16. The fourth-order valence-corrected chi connectivity index (χ4v) is 14.8. The number of thiophene rings is 4. The van der Waals surface area contributed by atoms with Gasteiger partial charge in [0.1, 0.15) is 0 Å². The molecule has 4 heterocycles. The molecule has 0 saturated heterocycles. The fourth-order valence-electron chi connectivity index (χ4n) is 7.21. The van der Waals surface area contributed by atoms with Gasteiger partial charge in [0, 0.05) is 65.1 Å². The van der Waals surface area contributed by atoms with Crippen molar-refractivity contribution < 1.29 is 0 Å². The third-order valence-corrected chi connectivity index (χ3v) is 16.3. The minimum absolute atomic E-state index is 0.644. The van der Waals surface area contributed by atoms with Crippen molar-refractivity contribution in [2.75, 3.05) is 0 Å². The molecule has 0 bridgehead atoms. The molecule has 0 aliphatic rings. The van der Waals surface area contributed by atoms with Gasteiger partial charge in [0.05, 0.1) is 0 Å². The average Bonchev–Trinajstić information content (AvgIpc) is 3.86. The molecular weight excluding hydrogens is 640 g/mol. The lowest BCUT2D eigenvalue weighted by Crippen LogP contribution is -2.18. The summed E-state index contributed by atoms with van der Waals surface area (Å²) in [5, 5.41) is 13.9. The summed E-state index contributed by atoms with van der Waals surface area (Å²) in [6, 6.07) is 36.8. The third-order valence-electron chi connectivity index (χ3n) is 9.04. The maximum absolute atomic E-state index is 2.57. The second-order valence-corrected chi connectivity index (χ2v) is 18.4. The highest BCUT2D eigenvalue weighted by molar-refractivity contribution is 7.84. The molecule has 5 aromatic carbocycles. The quantitative estimate of drug-likeness (QED) is 0.148. The fraction of sp³-hybridized carbons (Fsp3) is 0.150. The topological polar surface area (TPSA) is 0 Å². The molecule has 0 aliphatic heterocycles. The summed E-state index contributed by atoms with van der Waals surface area (Å²) in [5.41, 5.74) is 3.22. The number of rotatable bonds is 7. The molecule has 0 spiro atoms. The van der Waals surface area contributed by atoms with Gasteiger partial charge >= 0.3 is 0 Å². The predicted octanol–water partition coefficient (Wildman–Crippen LogP) is 12.5. The molecule has 0 amide bonds. The Morgan fingerprint density at radius 2 is 1.04 bits per heavy atom. The number of hydrogen-bond donors (Lipinski definition) is 0. The smallest absolute Gasteiger partial charge is 0.0397 e. The van der Waals surface area contributed by atoms with E-state index in [1.54, 1.807) is 11.1 Å². The second-order valence-electron chi connectivity index (χ2n) is 11.8. The van der Waals surface area contributed by atoms with Gasteiger partial charge in [-0.25, -0.2) is 0 Å². The van der Waals surface area contributed by atoms with Gasteiger partial charge in [-0.1, -0.05) is 87.4 Å². The van der Waals surface area contributed by atoms with E-state index in [4.69, 9.17) is 0 Å². The van der Waals surface area contributed by atoms with E-state index < -0.39 is 7.92 Å². The van der Waals surface area contributed by atoms with Crippen LogP contribution in [0.2, 0.25) is 0 Å². The van der Waals surface area contributed by atoms with Crippen LogP contribution in [-0.4, -0.2) is 0 Å². The third kappa shape index (κ3) is 4.38. The number of hydrogen-bond acceptors (Lipinski definition) is 4. The largest absolute Gasteiger partial charge is 0.144 e. The Bertz CT molecular complexity index is 2470. The van der Waals surface area contributed by atoms with E-state index in [1.807, 2.05) is 45.3 Å². The van der Waals surface area contributed by atoms with Gasteiger partial charge < -0.3 is 0 Å². The van der Waals surface area contributed by atoms with Crippen LogP contribution in [0.25, 0.3) is 60.5 Å². The first-order valence-electron chi connectivity index (χ1n) is 15.8. The number of aryl methyl sites for hydroxylation is 2. The Morgan fingerprint density at radius 3 is 1.62 bits per heavy atom. The second kappa shape index (κ2) is 11.3. The van der Waals surface area contributed by atoms with Crippen LogP contribution >= 0.6 is 53.3 Å². The zero-order valence-electron chi connectivity index (χ0n) is 25.2. The first-order valence-corrected chi connectivity index (χ1v) is 20.5. The lowest BCUT2D eigenvalue weighted by molar-refractivity contribution is 0.877. The summed E-state index contributed by atoms with van der Waals surface area (Å²) in [7, 11) is -0.644. The van der Waals surface area contributed by atoms with Gasteiger partial charge in [0.2, 0.25) is 0 Å². The van der Waals surface area contributed by atoms with Gasteiger partial charge in [0.25, 0.3) is 0 Å². The lowest BCUT2D eigenvalue weighted by atomic mass is 9.92. The molecule has 220 valence electrons. The average molecular weight is 671 g/mol. The van der Waals surface area contributed by atoms with Crippen molar-refractivity contribution in [1.82, 2.24) is 0 Å². The first kappa shape index (κ1) is 28.1. The number of fused-ring (bicyclic) bond motifs is 11. The normalized spacial score (nSPS) is 12.3. The van der Waals surface area contributed by atoms with Crippen LogP contribution < -0.4 is 15.2 Å². The van der Waals surface area contributed by atoms with Crippen molar-refractivity contribution in [3.63, 3.8) is 0 Å². The molecule has 0 aliphatic carbocycles. The van der Waals surface area contributed by atoms with Crippen LogP contribution in [0.5, 0.6) is 0 Å². The summed E-state index contributed by atoms with van der Waals surface area (Å²) in [6.45, 7) is 4.69. The zero-order chi connectivity index (χ0) is 30.1. The minimum atomic E-state index is -0.644. The highest BCUT2D eigenvalue weighted by atomic mass is 32.1. The molecule has 0 unspecified atom stereocenters. The van der Waals surface area contributed by atoms with Crippen LogP contribution in [0.4, 0.5) is 0 Å². The van der Waals surface area contributed by atoms with E-state index in [0.717, 1.165) is 12.8 Å². The Labute approximate surface area is 280 Å². The molecule has 0 radical (unpaired) electrons. The van der Waals surface area contributed by atoms with E-state index in [1.165, 1.54) is 88.6 Å². The molecule has 5 heteroatoms. The van der Waals surface area contributed by atoms with Crippen LogP contribution in [0, 0.1) is 0 Å². The van der Waals surface area contributed by atoms with E-state index in [0.29, 0.717) is 0 Å². The Balaban J connectivity index is 1.44. The standard InChI is InChI=1S/C40H31PS4/c1-3-11-26-27(12-4-2)40-38(37-35-28-21-22-42-30(28)17-19-32(35)44-39(26)37)36-29-23-34(43-31(29)18-20-33(36)45-40)41(24-13-7-5-8-14-24)25-15-9-6-10-16-25/h5-10,13-23H,3-4,11-12H2,1-2H3. The van der Waals surface area contributed by atoms with E-state index in [2.05, 4.69) is 116 Å². The Hall–Kier alpha value is -3.11. The monoisotopic (exact) mass is 670 g/mol. The van der Waals surface area contributed by atoms with Crippen LogP contribution in [0.1, 0.15) is 37.8 Å². The van der Waals surface area contributed by atoms with Gasteiger partial charge in [0.15, 0.2) is 0 Å². The summed E-state index contributed by atoms with van der Waals surface area (Å²) in [5.74, 6) is 0. The summed E-state index contributed by atoms with van der Waals surface area (Å²) < 4.78 is 10.2. The van der Waals surface area contributed by atoms with Crippen LogP contribution in [0.15, 0.2) is 102 Å². The van der Waals surface area contributed by atoms with Crippen molar-refractivity contribution in [2.45, 2.75) is 39.5 Å².